The maximum absolute atomic E-state index is 5.45. The molecule has 1 atom stereocenters. The number of H-pyrrole nitrogens is 1. The van der Waals surface area contributed by atoms with E-state index in [0.717, 1.165) is 42.9 Å². The smallest absolute Gasteiger partial charge is 0.232 e. The molecule has 1 unspecified atom stereocenters. The van der Waals surface area contributed by atoms with E-state index in [1.165, 1.54) is 0 Å². The van der Waals surface area contributed by atoms with Crippen LogP contribution in [0.2, 0.25) is 0 Å². The number of hydrogen-bond donors (Lipinski definition) is 2. The average Bonchev–Trinajstić information content (AvgIpc) is 2.64. The SMILES string of the molecule is COc1cnc2[nH]cc(C3CCOCCN3)c2n1. The summed E-state index contributed by atoms with van der Waals surface area (Å²) in [5, 5.41) is 3.46. The second-order valence-electron chi connectivity index (χ2n) is 4.26. The van der Waals surface area contributed by atoms with Crippen molar-refractivity contribution in [3.8, 4) is 5.88 Å². The van der Waals surface area contributed by atoms with Crippen LogP contribution in [0.5, 0.6) is 5.88 Å². The highest BCUT2D eigenvalue weighted by Gasteiger charge is 2.19. The van der Waals surface area contributed by atoms with Crippen LogP contribution in [-0.4, -0.2) is 41.8 Å². The zero-order chi connectivity index (χ0) is 12.4. The molecule has 0 aliphatic carbocycles. The van der Waals surface area contributed by atoms with Gasteiger partial charge in [0.25, 0.3) is 0 Å². The Morgan fingerprint density at radius 2 is 2.39 bits per heavy atom. The summed E-state index contributed by atoms with van der Waals surface area (Å²) in [7, 11) is 1.60. The van der Waals surface area contributed by atoms with Gasteiger partial charge in [-0.3, -0.25) is 0 Å². The first-order valence-corrected chi connectivity index (χ1v) is 6.07. The minimum Gasteiger partial charge on any atom is -0.480 e. The Balaban J connectivity index is 1.99. The van der Waals surface area contributed by atoms with Crippen molar-refractivity contribution >= 4 is 11.2 Å². The summed E-state index contributed by atoms with van der Waals surface area (Å²) in [6, 6.07) is 0.252. The summed E-state index contributed by atoms with van der Waals surface area (Å²) in [6.07, 6.45) is 4.52. The normalized spacial score (nSPS) is 20.8. The Hall–Kier alpha value is -1.66. The molecular formula is C12H16N4O2. The van der Waals surface area contributed by atoms with Gasteiger partial charge in [0.1, 0.15) is 5.52 Å². The Morgan fingerprint density at radius 3 is 3.28 bits per heavy atom. The molecule has 2 aromatic rings. The van der Waals surface area contributed by atoms with Crippen molar-refractivity contribution in [3.63, 3.8) is 0 Å². The third-order valence-electron chi connectivity index (χ3n) is 3.16. The number of hydrogen-bond acceptors (Lipinski definition) is 5. The van der Waals surface area contributed by atoms with Crippen molar-refractivity contribution in [2.45, 2.75) is 12.5 Å². The number of nitrogens with zero attached hydrogens (tertiary/aromatic N) is 2. The van der Waals surface area contributed by atoms with Crippen LogP contribution >= 0.6 is 0 Å². The van der Waals surface area contributed by atoms with Crippen LogP contribution in [0.1, 0.15) is 18.0 Å². The number of aromatic nitrogens is 3. The molecule has 6 nitrogen and oxygen atoms in total. The van der Waals surface area contributed by atoms with Gasteiger partial charge in [-0.05, 0) is 6.42 Å². The average molecular weight is 248 g/mol. The zero-order valence-corrected chi connectivity index (χ0v) is 10.3. The number of rotatable bonds is 2. The third kappa shape index (κ3) is 2.04. The molecule has 1 aliphatic rings. The molecule has 2 aromatic heterocycles. The second kappa shape index (κ2) is 4.91. The molecular weight excluding hydrogens is 232 g/mol. The van der Waals surface area contributed by atoms with Gasteiger partial charge in [0, 0.05) is 31.0 Å². The monoisotopic (exact) mass is 248 g/mol. The van der Waals surface area contributed by atoms with Gasteiger partial charge in [-0.25, -0.2) is 9.97 Å². The van der Waals surface area contributed by atoms with E-state index in [-0.39, 0.29) is 6.04 Å². The van der Waals surface area contributed by atoms with E-state index < -0.39 is 0 Å². The largest absolute Gasteiger partial charge is 0.480 e. The van der Waals surface area contributed by atoms with E-state index in [2.05, 4.69) is 20.3 Å². The highest BCUT2D eigenvalue weighted by Crippen LogP contribution is 2.25. The highest BCUT2D eigenvalue weighted by molar-refractivity contribution is 5.76. The van der Waals surface area contributed by atoms with E-state index in [1.54, 1.807) is 13.3 Å². The van der Waals surface area contributed by atoms with E-state index in [4.69, 9.17) is 9.47 Å². The number of aromatic amines is 1. The molecule has 3 heterocycles. The van der Waals surface area contributed by atoms with Gasteiger partial charge in [0.15, 0.2) is 5.65 Å². The lowest BCUT2D eigenvalue weighted by Gasteiger charge is -2.13. The van der Waals surface area contributed by atoms with Gasteiger partial charge in [0.05, 0.1) is 19.9 Å². The van der Waals surface area contributed by atoms with Crippen molar-refractivity contribution in [2.24, 2.45) is 0 Å². The van der Waals surface area contributed by atoms with Gasteiger partial charge >= 0.3 is 0 Å². The number of methoxy groups -OCH3 is 1. The molecule has 0 aromatic carbocycles. The standard InChI is InChI=1S/C12H16N4O2/c1-17-10-7-15-12-11(16-10)8(6-14-12)9-2-4-18-5-3-13-9/h6-7,9,13H,2-5H2,1H3,(H,14,15). The quantitative estimate of drug-likeness (QED) is 0.830. The van der Waals surface area contributed by atoms with Crippen molar-refractivity contribution < 1.29 is 9.47 Å². The van der Waals surface area contributed by atoms with Crippen LogP contribution < -0.4 is 10.1 Å². The van der Waals surface area contributed by atoms with Gasteiger partial charge in [-0.15, -0.1) is 0 Å². The molecule has 1 fully saturated rings. The van der Waals surface area contributed by atoms with Crippen LogP contribution in [0, 0.1) is 0 Å². The fraction of sp³-hybridized carbons (Fsp3) is 0.500. The number of nitrogens with one attached hydrogen (secondary N) is 2. The molecule has 0 radical (unpaired) electrons. The second-order valence-corrected chi connectivity index (χ2v) is 4.26. The first-order chi connectivity index (χ1) is 8.88. The van der Waals surface area contributed by atoms with Crippen LogP contribution in [0.15, 0.2) is 12.4 Å². The molecule has 1 saturated heterocycles. The Kier molecular flexibility index (Phi) is 3.12. The van der Waals surface area contributed by atoms with Gasteiger partial charge < -0.3 is 19.8 Å². The first-order valence-electron chi connectivity index (χ1n) is 6.07. The topological polar surface area (TPSA) is 72.1 Å². The number of fused-ring (bicyclic) bond motifs is 1. The predicted octanol–water partition coefficient (Wildman–Crippen LogP) is 1.02. The van der Waals surface area contributed by atoms with Crippen LogP contribution in [0.25, 0.3) is 11.2 Å². The summed E-state index contributed by atoms with van der Waals surface area (Å²) in [6.45, 7) is 2.38. The van der Waals surface area contributed by atoms with Crippen LogP contribution in [0.3, 0.4) is 0 Å². The van der Waals surface area contributed by atoms with E-state index >= 15 is 0 Å². The van der Waals surface area contributed by atoms with Crippen LogP contribution in [0.4, 0.5) is 0 Å². The van der Waals surface area contributed by atoms with Crippen molar-refractivity contribution in [2.75, 3.05) is 26.9 Å². The van der Waals surface area contributed by atoms with E-state index in [0.29, 0.717) is 5.88 Å². The molecule has 0 bridgehead atoms. The highest BCUT2D eigenvalue weighted by atomic mass is 16.5. The van der Waals surface area contributed by atoms with Crippen molar-refractivity contribution in [1.82, 2.24) is 20.3 Å². The molecule has 18 heavy (non-hydrogen) atoms. The lowest BCUT2D eigenvalue weighted by molar-refractivity contribution is 0.150. The molecule has 2 N–H and O–H groups in total. The lowest BCUT2D eigenvalue weighted by Crippen LogP contribution is -2.22. The summed E-state index contributed by atoms with van der Waals surface area (Å²) >= 11 is 0. The Bertz CT molecular complexity index is 532. The molecule has 96 valence electrons. The van der Waals surface area contributed by atoms with Gasteiger partial charge in [0.2, 0.25) is 5.88 Å². The minimum atomic E-state index is 0.252. The predicted molar refractivity (Wildman–Crippen MR) is 66.6 cm³/mol. The zero-order valence-electron chi connectivity index (χ0n) is 10.3. The van der Waals surface area contributed by atoms with Gasteiger partial charge in [-0.2, -0.15) is 0 Å². The maximum atomic E-state index is 5.45. The first kappa shape index (κ1) is 11.4. The molecule has 1 aliphatic heterocycles. The third-order valence-corrected chi connectivity index (χ3v) is 3.16. The molecule has 0 spiro atoms. The summed E-state index contributed by atoms with van der Waals surface area (Å²) in [5.74, 6) is 0.535. The summed E-state index contributed by atoms with van der Waals surface area (Å²) in [4.78, 5) is 11.9. The van der Waals surface area contributed by atoms with Crippen molar-refractivity contribution in [1.29, 1.82) is 0 Å². The van der Waals surface area contributed by atoms with E-state index in [9.17, 15) is 0 Å². The number of ether oxygens (including phenoxy) is 2. The lowest BCUT2D eigenvalue weighted by atomic mass is 10.1. The van der Waals surface area contributed by atoms with Gasteiger partial charge in [-0.1, -0.05) is 0 Å². The Morgan fingerprint density at radius 1 is 1.44 bits per heavy atom. The molecule has 0 saturated carbocycles. The summed E-state index contributed by atoms with van der Waals surface area (Å²) in [5.41, 5.74) is 2.79. The Labute approximate surface area is 105 Å². The maximum Gasteiger partial charge on any atom is 0.232 e. The minimum absolute atomic E-state index is 0.252. The fourth-order valence-electron chi connectivity index (χ4n) is 2.23. The molecule has 3 rings (SSSR count). The van der Waals surface area contributed by atoms with Crippen molar-refractivity contribution in [3.05, 3.63) is 18.0 Å². The molecule has 0 amide bonds. The van der Waals surface area contributed by atoms with E-state index in [1.807, 2.05) is 6.20 Å². The van der Waals surface area contributed by atoms with Crippen LogP contribution in [-0.2, 0) is 4.74 Å². The summed E-state index contributed by atoms with van der Waals surface area (Å²) < 4.78 is 10.6. The molecule has 6 heteroatoms. The fourth-order valence-corrected chi connectivity index (χ4v) is 2.23.